The molecule has 4 aliphatic rings. The maximum atomic E-state index is 12.2. The number of carboxylic acid groups (broad SMARTS) is 2. The van der Waals surface area contributed by atoms with Crippen molar-refractivity contribution in [3.8, 4) is 55.7 Å². The van der Waals surface area contributed by atoms with E-state index in [4.69, 9.17) is 24.8 Å². The Labute approximate surface area is 412 Å². The first-order valence-corrected chi connectivity index (χ1v) is 22.3. The van der Waals surface area contributed by atoms with Crippen LogP contribution in [0.15, 0.2) is 128 Å². The predicted octanol–water partition coefficient (Wildman–Crippen LogP) is 6.81. The maximum Gasteiger partial charge on any atom is 0.336 e. The molecule has 0 spiro atoms. The van der Waals surface area contributed by atoms with Gasteiger partial charge in [0.25, 0.3) is 0 Å². The number of aromatic carboxylic acids is 2. The number of benzene rings is 6. The van der Waals surface area contributed by atoms with E-state index in [-0.39, 0.29) is 23.5 Å². The average molecular weight is 983 g/mol. The number of halogens is 1. The number of thiocarbonyl (C=S) groups is 1. The fraction of sp³-hybridized carbons (Fsp3) is 0.157. The lowest BCUT2D eigenvalue weighted by molar-refractivity contribution is -0.0000447. The molecule has 0 amide bonds. The molecule has 13 nitrogen and oxygen atoms in total. The highest BCUT2D eigenvalue weighted by Crippen LogP contribution is 2.44. The smallest absolute Gasteiger partial charge is 0.336 e. The number of thiocyanates is 2. The standard InChI is InChI=1S/2C25H21N3O3S.CNS.ClH/c2*1-27(2)15-5-8-19-22(11-15)31-23-12-16(28(3)4)6-9-20(23)24(19)18-10-7-17(32-14-26)13-21(18)25(29)30;2-1-3;/h2*5-13H,1-4H3;;1H/q;;-1;/p+1. The van der Waals surface area contributed by atoms with E-state index in [0.717, 1.165) is 78.6 Å². The normalized spacial score (nSPS) is 10.3. The van der Waals surface area contributed by atoms with Crippen molar-refractivity contribution >= 4 is 86.2 Å². The summed E-state index contributed by atoms with van der Waals surface area (Å²) in [5.74, 6) is -0.752. The first kappa shape index (κ1) is 51.6. The predicted molar refractivity (Wildman–Crippen MR) is 272 cm³/mol. The molecule has 8 rings (SSSR count). The number of carbonyl (C=O) groups is 2. The summed E-state index contributed by atoms with van der Waals surface area (Å²) in [5, 5.41) is 54.0. The van der Waals surface area contributed by atoms with Gasteiger partial charge >= 0.3 is 11.9 Å². The van der Waals surface area contributed by atoms with Crippen LogP contribution >= 0.6 is 35.7 Å². The third-order valence-corrected chi connectivity index (χ3v) is 11.9. The maximum absolute atomic E-state index is 12.2. The molecule has 68 heavy (non-hydrogen) atoms. The summed E-state index contributed by atoms with van der Waals surface area (Å²) in [5.41, 5.74) is 7.99. The molecule has 0 unspecified atom stereocenters. The molecule has 4 aromatic rings. The molecule has 0 radical (unpaired) electrons. The van der Waals surface area contributed by atoms with Gasteiger partial charge in [-0.1, -0.05) is 24.4 Å². The van der Waals surface area contributed by atoms with Crippen molar-refractivity contribution in [2.45, 2.75) is 9.79 Å². The lowest BCUT2D eigenvalue weighted by atomic mass is 9.90. The van der Waals surface area contributed by atoms with E-state index in [1.165, 1.54) is 5.16 Å². The van der Waals surface area contributed by atoms with Gasteiger partial charge in [-0.3, -0.25) is 0 Å². The molecule has 2 N–H and O–H groups in total. The van der Waals surface area contributed by atoms with Gasteiger partial charge in [0, 0.05) is 107 Å². The van der Waals surface area contributed by atoms with Crippen LogP contribution in [0.4, 0.5) is 11.4 Å². The van der Waals surface area contributed by atoms with Gasteiger partial charge in [0.05, 0.1) is 23.3 Å². The molecule has 2 heterocycles. The molecular weight excluding hydrogens is 938 g/mol. The second kappa shape index (κ2) is 22.4. The van der Waals surface area contributed by atoms with Crippen molar-refractivity contribution in [2.75, 3.05) is 66.2 Å². The summed E-state index contributed by atoms with van der Waals surface area (Å²) < 4.78 is 16.6. The van der Waals surface area contributed by atoms with Crippen LogP contribution < -0.4 is 42.1 Å². The van der Waals surface area contributed by atoms with Crippen molar-refractivity contribution in [3.05, 3.63) is 136 Å². The molecule has 4 aromatic carbocycles. The average Bonchev–Trinajstić information content (AvgIpc) is 3.29. The van der Waals surface area contributed by atoms with Gasteiger partial charge in [0.1, 0.15) is 61.7 Å². The van der Waals surface area contributed by atoms with Gasteiger partial charge < -0.3 is 46.7 Å². The molecule has 0 atom stereocenters. The van der Waals surface area contributed by atoms with Crippen LogP contribution in [0.3, 0.4) is 0 Å². The Bertz CT molecular complexity index is 3230. The van der Waals surface area contributed by atoms with Crippen molar-refractivity contribution in [1.29, 1.82) is 10.5 Å². The minimum absolute atomic E-state index is 0. The molecule has 2 aliphatic heterocycles. The van der Waals surface area contributed by atoms with E-state index in [1.54, 1.807) is 36.4 Å². The van der Waals surface area contributed by atoms with Crippen molar-refractivity contribution < 1.29 is 41.0 Å². The molecular formula is C51H44ClN7O6S3. The number of rotatable bonds is 8. The second-order valence-corrected chi connectivity index (χ2v) is 17.7. The minimum atomic E-state index is -1.04. The number of anilines is 2. The third kappa shape index (κ3) is 11.0. The number of hydrogen-bond donors (Lipinski definition) is 2. The van der Waals surface area contributed by atoms with Gasteiger partial charge in [-0.2, -0.15) is 15.7 Å². The van der Waals surface area contributed by atoms with Crippen LogP contribution in [0.5, 0.6) is 0 Å². The van der Waals surface area contributed by atoms with Gasteiger partial charge in [-0.25, -0.2) is 18.7 Å². The summed E-state index contributed by atoms with van der Waals surface area (Å²) in [7, 11) is 15.7. The zero-order chi connectivity index (χ0) is 48.7. The van der Waals surface area contributed by atoms with Gasteiger partial charge in [-0.15, -0.1) is 0 Å². The van der Waals surface area contributed by atoms with E-state index < -0.39 is 11.9 Å². The Balaban J connectivity index is 0.000000237. The molecule has 0 aromatic heterocycles. The van der Waals surface area contributed by atoms with Gasteiger partial charge in [0.15, 0.2) is 0 Å². The number of thioether (sulfide) groups is 2. The van der Waals surface area contributed by atoms with Crippen LogP contribution in [0.25, 0.3) is 72.2 Å². The first-order valence-electron chi connectivity index (χ1n) is 20.3. The highest BCUT2D eigenvalue weighted by atomic mass is 35.5. The minimum Gasteiger partial charge on any atom is -1.00 e. The highest BCUT2D eigenvalue weighted by molar-refractivity contribution is 8.04. The van der Waals surface area contributed by atoms with Crippen LogP contribution in [-0.2, 0) is 0 Å². The topological polar surface area (TPSA) is 183 Å². The van der Waals surface area contributed by atoms with E-state index >= 15 is 0 Å². The summed E-state index contributed by atoms with van der Waals surface area (Å²) in [4.78, 5) is 29.5. The van der Waals surface area contributed by atoms with Crippen LogP contribution in [0.2, 0.25) is 0 Å². The van der Waals surface area contributed by atoms with Crippen LogP contribution in [0.1, 0.15) is 20.7 Å². The molecule has 0 fully saturated rings. The summed E-state index contributed by atoms with van der Waals surface area (Å²) in [6.45, 7) is 0. The monoisotopic (exact) mass is 981 g/mol. The molecule has 17 heteroatoms. The van der Waals surface area contributed by atoms with E-state index in [2.05, 4.69) is 12.2 Å². The number of nitriles is 2. The quantitative estimate of drug-likeness (QED) is 0.0405. The summed E-state index contributed by atoms with van der Waals surface area (Å²) >= 11 is 5.58. The molecule has 2 aliphatic carbocycles. The summed E-state index contributed by atoms with van der Waals surface area (Å²) in [6.07, 6.45) is 0. The van der Waals surface area contributed by atoms with Gasteiger partial charge in [-0.05, 0) is 95.3 Å². The Hall–Kier alpha value is -7.43. The summed E-state index contributed by atoms with van der Waals surface area (Å²) in [6, 6.07) is 33.9. The Morgan fingerprint density at radius 1 is 0.588 bits per heavy atom. The van der Waals surface area contributed by atoms with E-state index in [9.17, 15) is 19.8 Å². The zero-order valence-electron chi connectivity index (χ0n) is 38.2. The SMILES string of the molecule is CN(C)c1ccc2c(-c3ccc(SC#N)cc3C(=O)O)c3ccc(=[N+](C)C)cc-3oc2c1.CN(C)c1ccc2c(-c3ccc(SC#N)cc3C(=O)O)c3ccc(=[N+](C)C)cc-3oc2c1.[Cl-].[N-]=C=S. The molecule has 0 saturated carbocycles. The molecule has 344 valence electrons. The molecule has 0 saturated heterocycles. The van der Waals surface area contributed by atoms with Crippen molar-refractivity contribution in [3.63, 3.8) is 0 Å². The fourth-order valence-corrected chi connectivity index (χ4v) is 8.33. The van der Waals surface area contributed by atoms with Crippen LogP contribution in [-0.4, -0.2) is 83.7 Å². The van der Waals surface area contributed by atoms with E-state index in [0.29, 0.717) is 43.6 Å². The van der Waals surface area contributed by atoms with Gasteiger partial charge in [0.2, 0.25) is 10.7 Å². The van der Waals surface area contributed by atoms with E-state index in [1.807, 2.05) is 159 Å². The Morgan fingerprint density at radius 2 is 0.941 bits per heavy atom. The number of fused-ring (bicyclic) bond motifs is 4. The molecule has 0 bridgehead atoms. The number of hydrogen-bond acceptors (Lipinski definition) is 11. The number of nitrogens with zero attached hydrogens (tertiary/aromatic N) is 7. The van der Waals surface area contributed by atoms with Crippen LogP contribution in [0, 0.1) is 21.3 Å². The zero-order valence-corrected chi connectivity index (χ0v) is 41.4. The third-order valence-electron chi connectivity index (χ3n) is 10.8. The Kier molecular flexibility index (Phi) is 17.0. The lowest BCUT2D eigenvalue weighted by Gasteiger charge is -2.19. The first-order chi connectivity index (χ1) is 32.0. The fourth-order valence-electron chi connectivity index (χ4n) is 7.50. The second-order valence-electron chi connectivity index (χ2n) is 15.8. The highest BCUT2D eigenvalue weighted by Gasteiger charge is 2.25. The van der Waals surface area contributed by atoms with Crippen molar-refractivity contribution in [2.24, 2.45) is 0 Å². The number of isothiocyanates is 1. The largest absolute Gasteiger partial charge is 1.00 e. The Morgan fingerprint density at radius 3 is 1.25 bits per heavy atom. The number of carboxylic acids is 2. The van der Waals surface area contributed by atoms with Crippen molar-refractivity contribution in [1.82, 2.24) is 9.15 Å². The lowest BCUT2D eigenvalue weighted by Crippen LogP contribution is -3.00.